The summed E-state index contributed by atoms with van der Waals surface area (Å²) in [5.41, 5.74) is 3.90. The lowest BCUT2D eigenvalue weighted by atomic mass is 10.2. The van der Waals surface area contributed by atoms with Gasteiger partial charge in [-0.05, 0) is 25.0 Å². The molecule has 0 spiro atoms. The third kappa shape index (κ3) is 3.10. The van der Waals surface area contributed by atoms with E-state index < -0.39 is 24.2 Å². The van der Waals surface area contributed by atoms with E-state index in [1.165, 1.54) is 6.07 Å². The number of hydrogen-bond acceptors (Lipinski definition) is 3. The molecule has 1 aliphatic carbocycles. The Morgan fingerprint density at radius 3 is 2.63 bits per heavy atom. The normalized spacial score (nSPS) is 16.8. The number of hydrogen-bond donors (Lipinski definition) is 2. The fraction of sp³-hybridized carbons (Fsp3) is 0.417. The van der Waals surface area contributed by atoms with Gasteiger partial charge in [-0.25, -0.2) is 0 Å². The number of alkyl halides is 3. The maximum atomic E-state index is 12.6. The van der Waals surface area contributed by atoms with Gasteiger partial charge in [-0.2, -0.15) is 13.2 Å². The van der Waals surface area contributed by atoms with E-state index in [4.69, 9.17) is 10.5 Å². The summed E-state index contributed by atoms with van der Waals surface area (Å²) in [7, 11) is 0. The highest BCUT2D eigenvalue weighted by atomic mass is 19.4. The van der Waals surface area contributed by atoms with Gasteiger partial charge in [0.25, 0.3) is 5.91 Å². The predicted molar refractivity (Wildman–Crippen MR) is 62.5 cm³/mol. The minimum absolute atomic E-state index is 0.0828. The molecule has 3 N–H and O–H groups in total. The number of nitrogens with two attached hydrogens (primary N) is 1. The molecule has 0 atom stereocenters. The molecule has 0 aliphatic heterocycles. The Morgan fingerprint density at radius 1 is 1.42 bits per heavy atom. The highest BCUT2D eigenvalue weighted by Gasteiger charge is 2.64. The largest absolute Gasteiger partial charge is 0.484 e. The zero-order valence-corrected chi connectivity index (χ0v) is 9.96. The molecule has 0 radical (unpaired) electrons. The molecule has 4 nitrogen and oxygen atoms in total. The average molecular weight is 274 g/mol. The molecule has 1 amide bonds. The third-order valence-electron chi connectivity index (χ3n) is 2.90. The number of carbonyl (C=O) groups excluding carboxylic acids is 1. The van der Waals surface area contributed by atoms with Crippen LogP contribution in [0.4, 0.5) is 18.9 Å². The highest BCUT2D eigenvalue weighted by molar-refractivity contribution is 5.79. The Labute approximate surface area is 107 Å². The smallest absolute Gasteiger partial charge is 0.411 e. The highest BCUT2D eigenvalue weighted by Crippen LogP contribution is 2.48. The van der Waals surface area contributed by atoms with Crippen molar-refractivity contribution in [3.05, 3.63) is 24.3 Å². The predicted octanol–water partition coefficient (Wildman–Crippen LogP) is 1.86. The fourth-order valence-electron chi connectivity index (χ4n) is 1.66. The van der Waals surface area contributed by atoms with Gasteiger partial charge >= 0.3 is 6.18 Å². The molecular weight excluding hydrogens is 261 g/mol. The van der Waals surface area contributed by atoms with Gasteiger partial charge in [-0.1, -0.05) is 6.07 Å². The Bertz CT molecular complexity index is 484. The molecule has 0 saturated heterocycles. The summed E-state index contributed by atoms with van der Waals surface area (Å²) in [5.74, 6) is -0.454. The molecular formula is C12H13F3N2O2. The van der Waals surface area contributed by atoms with Crippen LogP contribution in [0, 0.1) is 0 Å². The first-order chi connectivity index (χ1) is 8.82. The minimum atomic E-state index is -4.42. The summed E-state index contributed by atoms with van der Waals surface area (Å²) in [4.78, 5) is 11.4. The summed E-state index contributed by atoms with van der Waals surface area (Å²) in [6, 6.07) is 6.32. The Balaban J connectivity index is 1.86. The summed E-state index contributed by atoms with van der Waals surface area (Å²) < 4.78 is 42.9. The van der Waals surface area contributed by atoms with Crippen molar-refractivity contribution < 1.29 is 22.7 Å². The first-order valence-corrected chi connectivity index (χ1v) is 5.68. The van der Waals surface area contributed by atoms with E-state index in [0.29, 0.717) is 11.4 Å². The topological polar surface area (TPSA) is 64.3 Å². The lowest BCUT2D eigenvalue weighted by molar-refractivity contribution is -0.170. The van der Waals surface area contributed by atoms with Gasteiger partial charge in [0, 0.05) is 11.8 Å². The van der Waals surface area contributed by atoms with Gasteiger partial charge in [0.2, 0.25) is 0 Å². The van der Waals surface area contributed by atoms with Crippen molar-refractivity contribution in [3.63, 3.8) is 0 Å². The fourth-order valence-corrected chi connectivity index (χ4v) is 1.66. The average Bonchev–Trinajstić information content (AvgIpc) is 3.07. The van der Waals surface area contributed by atoms with E-state index in [0.717, 1.165) is 0 Å². The van der Waals surface area contributed by atoms with Crippen LogP contribution in [0.5, 0.6) is 5.75 Å². The quantitative estimate of drug-likeness (QED) is 0.824. The van der Waals surface area contributed by atoms with Crippen LogP contribution in [0.25, 0.3) is 0 Å². The zero-order valence-electron chi connectivity index (χ0n) is 9.96. The monoisotopic (exact) mass is 274 g/mol. The molecule has 0 unspecified atom stereocenters. The number of ether oxygens (including phenoxy) is 1. The van der Waals surface area contributed by atoms with Crippen molar-refractivity contribution in [1.29, 1.82) is 0 Å². The Morgan fingerprint density at radius 2 is 2.11 bits per heavy atom. The number of carbonyl (C=O) groups is 1. The van der Waals surface area contributed by atoms with Crippen molar-refractivity contribution in [2.24, 2.45) is 0 Å². The maximum absolute atomic E-state index is 12.6. The van der Waals surface area contributed by atoms with Crippen LogP contribution in [0.15, 0.2) is 24.3 Å². The zero-order chi connectivity index (χ0) is 14.1. The number of benzene rings is 1. The van der Waals surface area contributed by atoms with Crippen molar-refractivity contribution in [2.45, 2.75) is 24.6 Å². The molecule has 1 aliphatic rings. The van der Waals surface area contributed by atoms with Gasteiger partial charge in [-0.15, -0.1) is 0 Å². The summed E-state index contributed by atoms with van der Waals surface area (Å²) in [5, 5.41) is 1.97. The molecule has 0 heterocycles. The molecule has 104 valence electrons. The number of nitrogen functional groups attached to an aromatic ring is 1. The SMILES string of the molecule is Nc1cccc(OCC(=O)NC2(C(F)(F)F)CC2)c1. The van der Waals surface area contributed by atoms with Gasteiger partial charge < -0.3 is 15.8 Å². The van der Waals surface area contributed by atoms with Crippen molar-refractivity contribution >= 4 is 11.6 Å². The van der Waals surface area contributed by atoms with Crippen LogP contribution in [0.2, 0.25) is 0 Å². The standard InChI is InChI=1S/C12H13F3N2O2/c13-12(14,15)11(4-5-11)17-10(18)7-19-9-3-1-2-8(16)6-9/h1-3,6H,4-5,7,16H2,(H,17,18). The van der Waals surface area contributed by atoms with Gasteiger partial charge in [0.15, 0.2) is 6.61 Å². The van der Waals surface area contributed by atoms with Crippen LogP contribution in [-0.4, -0.2) is 24.2 Å². The van der Waals surface area contributed by atoms with E-state index in [1.54, 1.807) is 18.2 Å². The number of halogens is 3. The maximum Gasteiger partial charge on any atom is 0.411 e. The Hall–Kier alpha value is -1.92. The van der Waals surface area contributed by atoms with Crippen LogP contribution in [-0.2, 0) is 4.79 Å². The number of amides is 1. The number of anilines is 1. The van der Waals surface area contributed by atoms with Crippen LogP contribution in [0.3, 0.4) is 0 Å². The first-order valence-electron chi connectivity index (χ1n) is 5.68. The molecule has 7 heteroatoms. The molecule has 1 fully saturated rings. The van der Waals surface area contributed by atoms with E-state index in [2.05, 4.69) is 0 Å². The molecule has 1 saturated carbocycles. The second kappa shape index (κ2) is 4.64. The molecule has 0 aromatic heterocycles. The van der Waals surface area contributed by atoms with Gasteiger partial charge in [0.1, 0.15) is 11.3 Å². The van der Waals surface area contributed by atoms with Crippen LogP contribution < -0.4 is 15.8 Å². The van der Waals surface area contributed by atoms with E-state index in [1.807, 2.05) is 5.32 Å². The molecule has 1 aromatic carbocycles. The third-order valence-corrected chi connectivity index (χ3v) is 2.90. The first kappa shape index (κ1) is 13.5. The molecule has 0 bridgehead atoms. The summed E-state index contributed by atoms with van der Waals surface area (Å²) >= 11 is 0. The second-order valence-electron chi connectivity index (χ2n) is 4.49. The van der Waals surface area contributed by atoms with Gasteiger partial charge in [0.05, 0.1) is 0 Å². The molecule has 1 aromatic rings. The minimum Gasteiger partial charge on any atom is -0.484 e. The number of rotatable bonds is 4. The van der Waals surface area contributed by atoms with E-state index in [9.17, 15) is 18.0 Å². The molecule has 19 heavy (non-hydrogen) atoms. The second-order valence-corrected chi connectivity index (χ2v) is 4.49. The molecule has 2 rings (SSSR count). The van der Waals surface area contributed by atoms with Crippen LogP contribution in [0.1, 0.15) is 12.8 Å². The van der Waals surface area contributed by atoms with E-state index in [-0.39, 0.29) is 12.8 Å². The van der Waals surface area contributed by atoms with Crippen LogP contribution >= 0.6 is 0 Å². The lowest BCUT2D eigenvalue weighted by Crippen LogP contribution is -2.49. The van der Waals surface area contributed by atoms with Crippen molar-refractivity contribution in [1.82, 2.24) is 5.32 Å². The summed E-state index contributed by atoms with van der Waals surface area (Å²) in [6.07, 6.45) is -4.58. The number of nitrogens with one attached hydrogen (secondary N) is 1. The van der Waals surface area contributed by atoms with Crippen molar-refractivity contribution in [3.8, 4) is 5.75 Å². The van der Waals surface area contributed by atoms with Crippen molar-refractivity contribution in [2.75, 3.05) is 12.3 Å². The van der Waals surface area contributed by atoms with E-state index >= 15 is 0 Å². The summed E-state index contributed by atoms with van der Waals surface area (Å²) in [6.45, 7) is -0.471. The lowest BCUT2D eigenvalue weighted by Gasteiger charge is -2.20. The van der Waals surface area contributed by atoms with Gasteiger partial charge in [-0.3, -0.25) is 4.79 Å². The Kier molecular flexibility index (Phi) is 3.30.